The van der Waals surface area contributed by atoms with E-state index in [2.05, 4.69) is 15.0 Å². The summed E-state index contributed by atoms with van der Waals surface area (Å²) in [5.74, 6) is -6.40. The zero-order chi connectivity index (χ0) is 15.8. The maximum absolute atomic E-state index is 12.6. The highest BCUT2D eigenvalue weighted by Crippen LogP contribution is 2.35. The number of alkyl halides is 5. The van der Waals surface area contributed by atoms with Gasteiger partial charge in [-0.3, -0.25) is 0 Å². The van der Waals surface area contributed by atoms with Crippen molar-refractivity contribution < 1.29 is 31.5 Å². The van der Waals surface area contributed by atoms with Gasteiger partial charge in [0.05, 0.1) is 11.1 Å². The van der Waals surface area contributed by atoms with Crippen LogP contribution >= 0.6 is 0 Å². The molecule has 1 aromatic carbocycles. The molecule has 0 unspecified atom stereocenters. The number of rotatable bonds is 3. The van der Waals surface area contributed by atoms with E-state index in [4.69, 9.17) is 0 Å². The van der Waals surface area contributed by atoms with Gasteiger partial charge in [0.25, 0.3) is 0 Å². The molecule has 114 valence electrons. The molecule has 0 bridgehead atoms. The van der Waals surface area contributed by atoms with Crippen molar-refractivity contribution in [2.24, 2.45) is 7.05 Å². The Hall–Kier alpha value is -2.26. The molecule has 0 fully saturated rings. The molecule has 0 aliphatic rings. The molecule has 0 spiro atoms. The van der Waals surface area contributed by atoms with Gasteiger partial charge in [-0.25, -0.2) is 9.48 Å². The minimum Gasteiger partial charge on any atom is -0.455 e. The lowest BCUT2D eigenvalue weighted by Crippen LogP contribution is -2.41. The highest BCUT2D eigenvalue weighted by molar-refractivity contribution is 5.93. The van der Waals surface area contributed by atoms with Crippen molar-refractivity contribution in [3.05, 3.63) is 23.8 Å². The summed E-state index contributed by atoms with van der Waals surface area (Å²) in [7, 11) is 1.59. The Morgan fingerprint density at radius 1 is 1.29 bits per heavy atom. The van der Waals surface area contributed by atoms with Crippen LogP contribution in [0.2, 0.25) is 0 Å². The summed E-state index contributed by atoms with van der Waals surface area (Å²) in [5, 5.41) is 7.35. The summed E-state index contributed by atoms with van der Waals surface area (Å²) in [5.41, 5.74) is 0.655. The molecule has 2 aromatic rings. The van der Waals surface area contributed by atoms with Crippen LogP contribution < -0.4 is 0 Å². The van der Waals surface area contributed by atoms with Gasteiger partial charge in [-0.05, 0) is 18.2 Å². The molecule has 0 saturated carbocycles. The molecular formula is C11H8F5N3O2. The highest BCUT2D eigenvalue weighted by Gasteiger charge is 2.58. The summed E-state index contributed by atoms with van der Waals surface area (Å²) in [6, 6.07) is 3.84. The number of hydrogen-bond donors (Lipinski definition) is 0. The number of aromatic nitrogens is 3. The van der Waals surface area contributed by atoms with Crippen molar-refractivity contribution in [2.75, 3.05) is 6.61 Å². The van der Waals surface area contributed by atoms with Crippen molar-refractivity contribution in [1.82, 2.24) is 15.0 Å². The molecule has 0 atom stereocenters. The fourth-order valence-electron chi connectivity index (χ4n) is 1.49. The molecule has 0 radical (unpaired) electrons. The maximum Gasteiger partial charge on any atom is 0.456 e. The molecule has 1 aromatic heterocycles. The van der Waals surface area contributed by atoms with E-state index in [0.29, 0.717) is 5.52 Å². The lowest BCUT2D eigenvalue weighted by Gasteiger charge is -2.19. The molecule has 0 amide bonds. The molecule has 5 nitrogen and oxygen atoms in total. The van der Waals surface area contributed by atoms with Gasteiger partial charge in [0, 0.05) is 7.05 Å². The summed E-state index contributed by atoms with van der Waals surface area (Å²) >= 11 is 0. The average Bonchev–Trinajstić information content (AvgIpc) is 2.76. The van der Waals surface area contributed by atoms with Gasteiger partial charge in [0.2, 0.25) is 0 Å². The Balaban J connectivity index is 2.12. The molecular weight excluding hydrogens is 301 g/mol. The van der Waals surface area contributed by atoms with Crippen molar-refractivity contribution in [3.8, 4) is 0 Å². The number of nitrogens with zero attached hydrogens (tertiary/aromatic N) is 3. The standard InChI is InChI=1S/C11H8F5N3O2/c1-19-8-3-2-6(4-7(8)17-18-19)9(20)21-5-10(12,13)11(14,15)16/h2-4H,5H2,1H3. The highest BCUT2D eigenvalue weighted by atomic mass is 19.4. The summed E-state index contributed by atoms with van der Waals surface area (Å²) < 4.78 is 66.5. The van der Waals surface area contributed by atoms with Gasteiger partial charge in [0.1, 0.15) is 5.52 Å². The van der Waals surface area contributed by atoms with Crippen LogP contribution in [-0.2, 0) is 11.8 Å². The predicted molar refractivity (Wildman–Crippen MR) is 59.8 cm³/mol. The van der Waals surface area contributed by atoms with Crippen LogP contribution in [0.25, 0.3) is 11.0 Å². The van der Waals surface area contributed by atoms with E-state index in [1.807, 2.05) is 0 Å². The Morgan fingerprint density at radius 2 is 1.95 bits per heavy atom. The first-order valence-corrected chi connectivity index (χ1v) is 5.53. The third-order valence-electron chi connectivity index (χ3n) is 2.65. The Kier molecular flexibility index (Phi) is 3.56. The summed E-state index contributed by atoms with van der Waals surface area (Å²) in [4.78, 5) is 11.5. The number of fused-ring (bicyclic) bond motifs is 1. The second kappa shape index (κ2) is 4.93. The predicted octanol–water partition coefficient (Wildman–Crippen LogP) is 2.32. The second-order valence-electron chi connectivity index (χ2n) is 4.19. The zero-order valence-corrected chi connectivity index (χ0v) is 10.5. The third-order valence-corrected chi connectivity index (χ3v) is 2.65. The van der Waals surface area contributed by atoms with Crippen LogP contribution in [0.4, 0.5) is 22.0 Å². The minimum atomic E-state index is -5.78. The van der Waals surface area contributed by atoms with Crippen molar-refractivity contribution in [3.63, 3.8) is 0 Å². The number of carbonyl (C=O) groups excluding carboxylic acids is 1. The normalized spacial score (nSPS) is 12.7. The molecule has 2 rings (SSSR count). The van der Waals surface area contributed by atoms with Gasteiger partial charge in [0.15, 0.2) is 6.61 Å². The van der Waals surface area contributed by atoms with Crippen molar-refractivity contribution >= 4 is 17.0 Å². The Bertz CT molecular complexity index is 680. The minimum absolute atomic E-state index is 0.194. The zero-order valence-electron chi connectivity index (χ0n) is 10.5. The van der Waals surface area contributed by atoms with E-state index in [1.54, 1.807) is 7.05 Å². The number of carbonyl (C=O) groups is 1. The number of aryl methyl sites for hydroxylation is 1. The van der Waals surface area contributed by atoms with E-state index in [1.165, 1.54) is 22.9 Å². The van der Waals surface area contributed by atoms with Crippen LogP contribution in [0.3, 0.4) is 0 Å². The Morgan fingerprint density at radius 3 is 2.57 bits per heavy atom. The SMILES string of the molecule is Cn1nnc2cc(C(=O)OCC(F)(F)C(F)(F)F)ccc21. The molecule has 0 aliphatic heterocycles. The number of benzene rings is 1. The third kappa shape index (κ3) is 2.93. The Labute approximate surface area is 114 Å². The van der Waals surface area contributed by atoms with E-state index >= 15 is 0 Å². The largest absolute Gasteiger partial charge is 0.456 e. The summed E-state index contributed by atoms with van der Waals surface area (Å²) in [6.07, 6.45) is -5.78. The maximum atomic E-state index is 12.6. The van der Waals surface area contributed by atoms with Crippen LogP contribution in [0, 0.1) is 0 Å². The summed E-state index contributed by atoms with van der Waals surface area (Å²) in [6.45, 7) is -2.08. The smallest absolute Gasteiger partial charge is 0.455 e. The fraction of sp³-hybridized carbons (Fsp3) is 0.364. The van der Waals surface area contributed by atoms with Gasteiger partial charge < -0.3 is 4.74 Å². The van der Waals surface area contributed by atoms with Crippen LogP contribution in [0.1, 0.15) is 10.4 Å². The van der Waals surface area contributed by atoms with Crippen molar-refractivity contribution in [1.29, 1.82) is 0 Å². The lowest BCUT2D eigenvalue weighted by molar-refractivity contribution is -0.292. The fourth-order valence-corrected chi connectivity index (χ4v) is 1.49. The van der Waals surface area contributed by atoms with Crippen LogP contribution in [-0.4, -0.2) is 39.7 Å². The van der Waals surface area contributed by atoms with Gasteiger partial charge in [-0.1, -0.05) is 5.21 Å². The number of esters is 1. The average molecular weight is 309 g/mol. The lowest BCUT2D eigenvalue weighted by atomic mass is 10.2. The second-order valence-corrected chi connectivity index (χ2v) is 4.19. The molecule has 21 heavy (non-hydrogen) atoms. The number of hydrogen-bond acceptors (Lipinski definition) is 4. The van der Waals surface area contributed by atoms with Gasteiger partial charge in [-0.15, -0.1) is 5.10 Å². The first-order chi connectivity index (χ1) is 9.62. The van der Waals surface area contributed by atoms with Gasteiger partial charge >= 0.3 is 18.1 Å². The molecule has 0 saturated heterocycles. The van der Waals surface area contributed by atoms with E-state index in [-0.39, 0.29) is 11.1 Å². The molecule has 0 aliphatic carbocycles. The first-order valence-electron chi connectivity index (χ1n) is 5.53. The van der Waals surface area contributed by atoms with Crippen LogP contribution in [0.5, 0.6) is 0 Å². The molecule has 1 heterocycles. The van der Waals surface area contributed by atoms with Crippen molar-refractivity contribution in [2.45, 2.75) is 12.1 Å². The topological polar surface area (TPSA) is 57.0 Å². The van der Waals surface area contributed by atoms with E-state index in [9.17, 15) is 26.7 Å². The molecule has 10 heteroatoms. The van der Waals surface area contributed by atoms with Gasteiger partial charge in [-0.2, -0.15) is 22.0 Å². The van der Waals surface area contributed by atoms with E-state index < -0.39 is 24.7 Å². The van der Waals surface area contributed by atoms with Crippen LogP contribution in [0.15, 0.2) is 18.2 Å². The first kappa shape index (κ1) is 15.1. The molecule has 0 N–H and O–H groups in total. The monoisotopic (exact) mass is 309 g/mol. The quantitative estimate of drug-likeness (QED) is 0.645. The van der Waals surface area contributed by atoms with E-state index in [0.717, 1.165) is 0 Å². The number of ether oxygens (including phenoxy) is 1. The number of halogens is 5.